The summed E-state index contributed by atoms with van der Waals surface area (Å²) in [5.41, 5.74) is 3.87. The van der Waals surface area contributed by atoms with Crippen LogP contribution < -0.4 is 5.32 Å². The van der Waals surface area contributed by atoms with E-state index in [0.29, 0.717) is 19.4 Å². The van der Waals surface area contributed by atoms with Gasteiger partial charge in [-0.05, 0) is 49.3 Å². The minimum Gasteiger partial charge on any atom is -0.464 e. The maximum atomic E-state index is 11.9. The first-order chi connectivity index (χ1) is 9.76. The van der Waals surface area contributed by atoms with Gasteiger partial charge in [0.1, 0.15) is 6.04 Å². The van der Waals surface area contributed by atoms with Crippen LogP contribution in [0.25, 0.3) is 0 Å². The third-order valence-electron chi connectivity index (χ3n) is 3.76. The summed E-state index contributed by atoms with van der Waals surface area (Å²) in [6.45, 7) is 2.09. The van der Waals surface area contributed by atoms with Crippen LogP contribution in [0.2, 0.25) is 0 Å². The molecule has 4 heteroatoms. The molecule has 0 radical (unpaired) electrons. The van der Waals surface area contributed by atoms with E-state index in [0.717, 1.165) is 18.4 Å². The number of rotatable bonds is 6. The lowest BCUT2D eigenvalue weighted by molar-refractivity contribution is -0.146. The molecule has 1 aromatic carbocycles. The van der Waals surface area contributed by atoms with E-state index in [4.69, 9.17) is 4.74 Å². The minimum atomic E-state index is -0.596. The van der Waals surface area contributed by atoms with Crippen molar-refractivity contribution >= 4 is 12.4 Å². The van der Waals surface area contributed by atoms with Crippen molar-refractivity contribution in [3.8, 4) is 0 Å². The number of benzene rings is 1. The van der Waals surface area contributed by atoms with Crippen LogP contribution in [-0.4, -0.2) is 25.0 Å². The molecule has 108 valence electrons. The zero-order chi connectivity index (χ0) is 14.4. The molecule has 1 aliphatic carbocycles. The summed E-state index contributed by atoms with van der Waals surface area (Å²) in [7, 11) is 0. The van der Waals surface area contributed by atoms with Crippen molar-refractivity contribution < 1.29 is 14.3 Å². The number of aryl methyl sites for hydroxylation is 1. The van der Waals surface area contributed by atoms with E-state index in [9.17, 15) is 9.59 Å². The Hall–Kier alpha value is -1.84. The molecule has 4 nitrogen and oxygen atoms in total. The van der Waals surface area contributed by atoms with Crippen molar-refractivity contribution in [2.24, 2.45) is 0 Å². The van der Waals surface area contributed by atoms with Crippen LogP contribution in [0.15, 0.2) is 18.2 Å². The van der Waals surface area contributed by atoms with Crippen molar-refractivity contribution in [2.45, 2.75) is 45.1 Å². The van der Waals surface area contributed by atoms with Gasteiger partial charge in [0.25, 0.3) is 0 Å². The van der Waals surface area contributed by atoms with E-state index in [1.54, 1.807) is 6.92 Å². The number of esters is 1. The highest BCUT2D eigenvalue weighted by Gasteiger charge is 2.22. The predicted octanol–water partition coefficient (Wildman–Crippen LogP) is 1.79. The lowest BCUT2D eigenvalue weighted by atomic mass is 9.86. The molecule has 0 heterocycles. The summed E-state index contributed by atoms with van der Waals surface area (Å²) in [6.07, 6.45) is 5.65. The fourth-order valence-electron chi connectivity index (χ4n) is 2.81. The molecular weight excluding hydrogens is 254 g/mol. The van der Waals surface area contributed by atoms with Gasteiger partial charge in [-0.3, -0.25) is 4.79 Å². The number of hydrogen-bond acceptors (Lipinski definition) is 3. The highest BCUT2D eigenvalue weighted by molar-refractivity contribution is 5.78. The Bertz CT molecular complexity index is 485. The molecule has 0 aliphatic heterocycles. The van der Waals surface area contributed by atoms with Gasteiger partial charge >= 0.3 is 5.97 Å². The molecule has 1 atom stereocenters. The molecule has 0 saturated heterocycles. The fourth-order valence-corrected chi connectivity index (χ4v) is 2.81. The summed E-state index contributed by atoms with van der Waals surface area (Å²) in [5.74, 6) is -0.368. The van der Waals surface area contributed by atoms with Gasteiger partial charge in [-0.1, -0.05) is 18.2 Å². The second-order valence-corrected chi connectivity index (χ2v) is 5.06. The lowest BCUT2D eigenvalue weighted by Crippen LogP contribution is -2.39. The molecule has 0 unspecified atom stereocenters. The van der Waals surface area contributed by atoms with Crippen LogP contribution >= 0.6 is 0 Å². The zero-order valence-electron chi connectivity index (χ0n) is 11.9. The second-order valence-electron chi connectivity index (χ2n) is 5.06. The third kappa shape index (κ3) is 3.38. The van der Waals surface area contributed by atoms with Crippen LogP contribution in [0.5, 0.6) is 0 Å². The van der Waals surface area contributed by atoms with Gasteiger partial charge in [-0.15, -0.1) is 0 Å². The summed E-state index contributed by atoms with van der Waals surface area (Å²) in [4.78, 5) is 22.5. The first kappa shape index (κ1) is 14.6. The highest BCUT2D eigenvalue weighted by atomic mass is 16.5. The predicted molar refractivity (Wildman–Crippen MR) is 76.4 cm³/mol. The molecule has 1 N–H and O–H groups in total. The summed E-state index contributed by atoms with van der Waals surface area (Å²) >= 11 is 0. The van der Waals surface area contributed by atoms with Gasteiger partial charge in [-0.2, -0.15) is 0 Å². The van der Waals surface area contributed by atoms with Gasteiger partial charge in [-0.25, -0.2) is 4.79 Å². The number of fused-ring (bicyclic) bond motifs is 1. The molecule has 1 amide bonds. The van der Waals surface area contributed by atoms with E-state index in [1.165, 1.54) is 24.0 Å². The van der Waals surface area contributed by atoms with Crippen molar-refractivity contribution in [1.82, 2.24) is 5.32 Å². The molecule has 0 aromatic heterocycles. The molecule has 2 rings (SSSR count). The van der Waals surface area contributed by atoms with Gasteiger partial charge in [0, 0.05) is 6.42 Å². The highest BCUT2D eigenvalue weighted by Crippen LogP contribution is 2.25. The largest absolute Gasteiger partial charge is 0.464 e. The van der Waals surface area contributed by atoms with Crippen LogP contribution in [0, 0.1) is 0 Å². The Labute approximate surface area is 119 Å². The van der Waals surface area contributed by atoms with Crippen LogP contribution in [0.1, 0.15) is 36.5 Å². The fraction of sp³-hybridized carbons (Fsp3) is 0.500. The third-order valence-corrected chi connectivity index (χ3v) is 3.76. The van der Waals surface area contributed by atoms with Crippen LogP contribution in [0.4, 0.5) is 0 Å². The second kappa shape index (κ2) is 7.08. The quantitative estimate of drug-likeness (QED) is 0.636. The number of hydrogen-bond donors (Lipinski definition) is 1. The smallest absolute Gasteiger partial charge is 0.328 e. The SMILES string of the molecule is CCOC(=O)[C@H](Cc1cccc2c1CCCC2)NC=O. The molecule has 0 saturated carbocycles. The maximum Gasteiger partial charge on any atom is 0.328 e. The minimum absolute atomic E-state index is 0.322. The summed E-state index contributed by atoms with van der Waals surface area (Å²) in [5, 5.41) is 2.57. The van der Waals surface area contributed by atoms with Gasteiger partial charge in [0.2, 0.25) is 6.41 Å². The van der Waals surface area contributed by atoms with Crippen LogP contribution in [-0.2, 0) is 33.6 Å². The van der Waals surface area contributed by atoms with E-state index >= 15 is 0 Å². The average Bonchev–Trinajstić information content (AvgIpc) is 2.47. The molecule has 1 aromatic rings. The van der Waals surface area contributed by atoms with Crippen molar-refractivity contribution in [3.05, 3.63) is 34.9 Å². The molecular formula is C16H21NO3. The first-order valence-electron chi connectivity index (χ1n) is 7.22. The Morgan fingerprint density at radius 1 is 1.40 bits per heavy atom. The van der Waals surface area contributed by atoms with Crippen molar-refractivity contribution in [1.29, 1.82) is 0 Å². The van der Waals surface area contributed by atoms with Gasteiger partial charge in [0.05, 0.1) is 6.61 Å². The average molecular weight is 275 g/mol. The molecule has 0 bridgehead atoms. The number of ether oxygens (including phenoxy) is 1. The number of carbonyl (C=O) groups is 2. The summed E-state index contributed by atoms with van der Waals surface area (Å²) in [6, 6.07) is 5.64. The summed E-state index contributed by atoms with van der Waals surface area (Å²) < 4.78 is 5.01. The topological polar surface area (TPSA) is 55.4 Å². The number of nitrogens with one attached hydrogen (secondary N) is 1. The van der Waals surface area contributed by atoms with E-state index in [2.05, 4.69) is 11.4 Å². The van der Waals surface area contributed by atoms with E-state index < -0.39 is 6.04 Å². The van der Waals surface area contributed by atoms with E-state index in [1.807, 2.05) is 12.1 Å². The Balaban J connectivity index is 2.18. The Morgan fingerprint density at radius 2 is 2.20 bits per heavy atom. The normalized spacial score (nSPS) is 15.1. The lowest BCUT2D eigenvalue weighted by Gasteiger charge is -2.21. The van der Waals surface area contributed by atoms with Crippen molar-refractivity contribution in [3.63, 3.8) is 0 Å². The standard InChI is InChI=1S/C16H21NO3/c1-2-20-16(19)15(17-11-18)10-13-8-5-7-12-6-3-4-9-14(12)13/h5,7-8,11,15H,2-4,6,9-10H2,1H3,(H,17,18)/t15-/m0/s1. The molecule has 0 spiro atoms. The molecule has 1 aliphatic rings. The number of carbonyl (C=O) groups excluding carboxylic acids is 2. The maximum absolute atomic E-state index is 11.9. The Morgan fingerprint density at radius 3 is 2.95 bits per heavy atom. The van der Waals surface area contributed by atoms with Crippen LogP contribution in [0.3, 0.4) is 0 Å². The first-order valence-corrected chi connectivity index (χ1v) is 7.22. The van der Waals surface area contributed by atoms with Gasteiger partial charge in [0.15, 0.2) is 0 Å². The monoisotopic (exact) mass is 275 g/mol. The van der Waals surface area contributed by atoms with E-state index in [-0.39, 0.29) is 5.97 Å². The van der Waals surface area contributed by atoms with Gasteiger partial charge < -0.3 is 10.1 Å². The Kier molecular flexibility index (Phi) is 5.16. The number of amides is 1. The van der Waals surface area contributed by atoms with Crippen molar-refractivity contribution in [2.75, 3.05) is 6.61 Å². The molecule has 0 fully saturated rings. The zero-order valence-corrected chi connectivity index (χ0v) is 11.9. The molecule has 20 heavy (non-hydrogen) atoms.